The van der Waals surface area contributed by atoms with E-state index in [-0.39, 0.29) is 5.54 Å². The van der Waals surface area contributed by atoms with Crippen molar-refractivity contribution >= 4 is 5.69 Å². The van der Waals surface area contributed by atoms with Gasteiger partial charge in [-0.15, -0.1) is 0 Å². The zero-order chi connectivity index (χ0) is 14.9. The summed E-state index contributed by atoms with van der Waals surface area (Å²) in [5.41, 5.74) is 7.76. The minimum Gasteiger partial charge on any atom is -0.371 e. The summed E-state index contributed by atoms with van der Waals surface area (Å²) in [5.74, 6) is 1.83. The van der Waals surface area contributed by atoms with Crippen LogP contribution < -0.4 is 10.6 Å². The molecule has 1 aromatic rings. The van der Waals surface area contributed by atoms with E-state index in [1.54, 1.807) is 0 Å². The van der Waals surface area contributed by atoms with Gasteiger partial charge >= 0.3 is 0 Å². The van der Waals surface area contributed by atoms with Gasteiger partial charge in [-0.25, -0.2) is 0 Å². The Kier molecular flexibility index (Phi) is 4.23. The van der Waals surface area contributed by atoms with E-state index in [9.17, 15) is 0 Å². The second-order valence-corrected chi connectivity index (χ2v) is 7.10. The van der Waals surface area contributed by atoms with Crippen LogP contribution >= 0.6 is 0 Å². The van der Waals surface area contributed by atoms with Crippen LogP contribution in [0.15, 0.2) is 30.3 Å². The maximum Gasteiger partial charge on any atom is 0.0366 e. The molecule has 0 amide bonds. The molecule has 1 aliphatic heterocycles. The van der Waals surface area contributed by atoms with Crippen molar-refractivity contribution in [3.63, 3.8) is 0 Å². The van der Waals surface area contributed by atoms with Crippen LogP contribution in [-0.4, -0.2) is 43.7 Å². The van der Waals surface area contributed by atoms with Crippen LogP contribution in [-0.2, 0) is 0 Å². The molecule has 0 aromatic heterocycles. The van der Waals surface area contributed by atoms with Gasteiger partial charge in [0.25, 0.3) is 0 Å². The van der Waals surface area contributed by atoms with E-state index in [2.05, 4.69) is 54.1 Å². The minimum absolute atomic E-state index is 0.216. The molecule has 3 heteroatoms. The maximum absolute atomic E-state index is 6.19. The number of hydrogen-bond acceptors (Lipinski definition) is 3. The molecule has 21 heavy (non-hydrogen) atoms. The standard InChI is InChI=1S/C18H29N3/c1-15-12-16(15)13-20(2)18(14-19)8-10-21(11-9-18)17-6-4-3-5-7-17/h3-7,15-16H,8-14,19H2,1-2H3. The molecule has 2 atom stereocenters. The van der Waals surface area contributed by atoms with Crippen LogP contribution in [0, 0.1) is 11.8 Å². The number of hydrogen-bond donors (Lipinski definition) is 1. The monoisotopic (exact) mass is 287 g/mol. The van der Waals surface area contributed by atoms with Gasteiger partial charge in [-0.2, -0.15) is 0 Å². The summed E-state index contributed by atoms with van der Waals surface area (Å²) in [5, 5.41) is 0. The zero-order valence-corrected chi connectivity index (χ0v) is 13.5. The minimum atomic E-state index is 0.216. The molecule has 1 saturated carbocycles. The fourth-order valence-corrected chi connectivity index (χ4v) is 3.76. The van der Waals surface area contributed by atoms with E-state index in [0.29, 0.717) is 0 Å². The lowest BCUT2D eigenvalue weighted by Crippen LogP contribution is -2.58. The van der Waals surface area contributed by atoms with Gasteiger partial charge in [0.2, 0.25) is 0 Å². The molecule has 3 nitrogen and oxygen atoms in total. The van der Waals surface area contributed by atoms with Crippen molar-refractivity contribution < 1.29 is 0 Å². The molecule has 1 saturated heterocycles. The molecule has 1 aromatic carbocycles. The largest absolute Gasteiger partial charge is 0.371 e. The first kappa shape index (κ1) is 14.9. The van der Waals surface area contributed by atoms with E-state index in [1.807, 2.05) is 0 Å². The molecular weight excluding hydrogens is 258 g/mol. The van der Waals surface area contributed by atoms with Crippen LogP contribution in [0.1, 0.15) is 26.2 Å². The van der Waals surface area contributed by atoms with Gasteiger partial charge in [0.05, 0.1) is 0 Å². The van der Waals surface area contributed by atoms with Gasteiger partial charge in [-0.05, 0) is 50.3 Å². The van der Waals surface area contributed by atoms with Crippen LogP contribution in [0.4, 0.5) is 5.69 Å². The molecule has 1 heterocycles. The fourth-order valence-electron chi connectivity index (χ4n) is 3.76. The van der Waals surface area contributed by atoms with Crippen LogP contribution in [0.2, 0.25) is 0 Å². The molecular formula is C18H29N3. The van der Waals surface area contributed by atoms with Gasteiger partial charge < -0.3 is 10.6 Å². The normalized spacial score (nSPS) is 27.9. The first-order valence-electron chi connectivity index (χ1n) is 8.36. The van der Waals surface area contributed by atoms with Crippen molar-refractivity contribution in [3.8, 4) is 0 Å². The van der Waals surface area contributed by atoms with Gasteiger partial charge in [-0.1, -0.05) is 25.1 Å². The Labute approximate surface area is 129 Å². The quantitative estimate of drug-likeness (QED) is 0.903. The summed E-state index contributed by atoms with van der Waals surface area (Å²) in [4.78, 5) is 5.07. The number of nitrogens with zero attached hydrogens (tertiary/aromatic N) is 2. The van der Waals surface area contributed by atoms with E-state index >= 15 is 0 Å². The Morgan fingerprint density at radius 2 is 1.86 bits per heavy atom. The topological polar surface area (TPSA) is 32.5 Å². The zero-order valence-electron chi connectivity index (χ0n) is 13.5. The lowest BCUT2D eigenvalue weighted by molar-refractivity contribution is 0.0905. The van der Waals surface area contributed by atoms with Gasteiger partial charge in [0.1, 0.15) is 0 Å². The number of benzene rings is 1. The predicted octanol–water partition coefficient (Wildman–Crippen LogP) is 2.57. The van der Waals surface area contributed by atoms with Gasteiger partial charge in [0.15, 0.2) is 0 Å². The SMILES string of the molecule is CC1CC1CN(C)C1(CN)CCN(c2ccccc2)CC1. The summed E-state index contributed by atoms with van der Waals surface area (Å²) in [6.07, 6.45) is 3.76. The third-order valence-electron chi connectivity index (χ3n) is 5.79. The molecule has 2 N–H and O–H groups in total. The first-order chi connectivity index (χ1) is 10.1. The second-order valence-electron chi connectivity index (χ2n) is 7.10. The molecule has 2 unspecified atom stereocenters. The lowest BCUT2D eigenvalue weighted by Gasteiger charge is -2.47. The molecule has 0 bridgehead atoms. The first-order valence-corrected chi connectivity index (χ1v) is 8.36. The Balaban J connectivity index is 1.61. The number of para-hydroxylation sites is 1. The van der Waals surface area contributed by atoms with Crippen LogP contribution in [0.25, 0.3) is 0 Å². The fraction of sp³-hybridized carbons (Fsp3) is 0.667. The number of piperidine rings is 1. The van der Waals surface area contributed by atoms with E-state index in [0.717, 1.165) is 31.5 Å². The highest BCUT2D eigenvalue weighted by atomic mass is 15.2. The number of anilines is 1. The molecule has 2 fully saturated rings. The van der Waals surface area contributed by atoms with Crippen molar-refractivity contribution in [1.29, 1.82) is 0 Å². The number of likely N-dealkylation sites (N-methyl/N-ethyl adjacent to an activating group) is 1. The average Bonchev–Trinajstić information content (AvgIpc) is 3.23. The van der Waals surface area contributed by atoms with E-state index < -0.39 is 0 Å². The molecule has 2 aliphatic rings. The molecule has 0 spiro atoms. The van der Waals surface area contributed by atoms with Crippen molar-refractivity contribution in [2.24, 2.45) is 17.6 Å². The highest BCUT2D eigenvalue weighted by Gasteiger charge is 2.41. The second kappa shape index (κ2) is 5.98. The summed E-state index contributed by atoms with van der Waals surface area (Å²) in [7, 11) is 2.29. The van der Waals surface area contributed by atoms with Gasteiger partial charge in [-0.3, -0.25) is 4.90 Å². The maximum atomic E-state index is 6.19. The Morgan fingerprint density at radius 1 is 1.24 bits per heavy atom. The highest BCUT2D eigenvalue weighted by Crippen LogP contribution is 2.40. The Bertz CT molecular complexity index is 451. The third-order valence-corrected chi connectivity index (χ3v) is 5.79. The number of nitrogens with two attached hydrogens (primary N) is 1. The lowest BCUT2D eigenvalue weighted by atomic mass is 9.85. The third kappa shape index (κ3) is 3.09. The van der Waals surface area contributed by atoms with Gasteiger partial charge in [0, 0.05) is 37.4 Å². The predicted molar refractivity (Wildman–Crippen MR) is 89.6 cm³/mol. The van der Waals surface area contributed by atoms with Crippen LogP contribution in [0.5, 0.6) is 0 Å². The Hall–Kier alpha value is -1.06. The summed E-state index contributed by atoms with van der Waals surface area (Å²) in [6.45, 7) is 6.61. The molecule has 0 radical (unpaired) electrons. The smallest absolute Gasteiger partial charge is 0.0366 e. The van der Waals surface area contributed by atoms with Crippen LogP contribution in [0.3, 0.4) is 0 Å². The van der Waals surface area contributed by atoms with E-state index in [1.165, 1.54) is 31.5 Å². The summed E-state index contributed by atoms with van der Waals surface area (Å²) in [6, 6.07) is 10.8. The molecule has 116 valence electrons. The molecule has 1 aliphatic carbocycles. The Morgan fingerprint density at radius 3 is 2.38 bits per heavy atom. The van der Waals surface area contributed by atoms with Crippen molar-refractivity contribution in [2.75, 3.05) is 38.1 Å². The van der Waals surface area contributed by atoms with Crippen molar-refractivity contribution in [3.05, 3.63) is 30.3 Å². The molecule has 3 rings (SSSR count). The number of rotatable bonds is 5. The van der Waals surface area contributed by atoms with Crippen molar-refractivity contribution in [1.82, 2.24) is 4.90 Å². The highest BCUT2D eigenvalue weighted by molar-refractivity contribution is 5.46. The average molecular weight is 287 g/mol. The summed E-state index contributed by atoms with van der Waals surface area (Å²) < 4.78 is 0. The van der Waals surface area contributed by atoms with E-state index in [4.69, 9.17) is 5.73 Å². The summed E-state index contributed by atoms with van der Waals surface area (Å²) >= 11 is 0. The van der Waals surface area contributed by atoms with Crippen molar-refractivity contribution in [2.45, 2.75) is 31.7 Å².